The number of ether oxygens (including phenoxy) is 2. The Balaban J connectivity index is 1.92. The molecule has 0 bridgehead atoms. The number of benzene rings is 1. The molecule has 24 heavy (non-hydrogen) atoms. The second-order valence-corrected chi connectivity index (χ2v) is 5.97. The van der Waals surface area contributed by atoms with Gasteiger partial charge in [-0.1, -0.05) is 30.3 Å². The number of carbonyl (C=O) groups is 2. The number of carbonyl (C=O) groups excluding carboxylic acids is 2. The highest BCUT2D eigenvalue weighted by Crippen LogP contribution is 2.37. The first-order chi connectivity index (χ1) is 11.6. The topological polar surface area (TPSA) is 55.8 Å². The average molecular weight is 327 g/mol. The lowest BCUT2D eigenvalue weighted by Crippen LogP contribution is -2.36. The number of fused-ring (bicyclic) bond motifs is 1. The Morgan fingerprint density at radius 2 is 2.00 bits per heavy atom. The van der Waals surface area contributed by atoms with Gasteiger partial charge in [-0.15, -0.1) is 0 Å². The summed E-state index contributed by atoms with van der Waals surface area (Å²) in [5, 5.41) is 0. The van der Waals surface area contributed by atoms with Gasteiger partial charge in [0.2, 0.25) is 0 Å². The summed E-state index contributed by atoms with van der Waals surface area (Å²) < 4.78 is 10.1. The minimum absolute atomic E-state index is 0.0000490. The summed E-state index contributed by atoms with van der Waals surface area (Å²) >= 11 is 0. The Kier molecular flexibility index (Phi) is 4.69. The summed E-state index contributed by atoms with van der Waals surface area (Å²) in [6.07, 6.45) is 3.50. The number of hydrogen-bond donors (Lipinski definition) is 0. The molecule has 1 aromatic carbocycles. The standard InChI is InChI=1S/C19H21NO4/c1-23-14-8-9-17-15(10-14)16(11-18(21)24-2)19(22)20(17)12-13-6-4-3-5-7-13/h3-7,10,17H,8-9,11-12H2,1-2H3. The van der Waals surface area contributed by atoms with Crippen molar-refractivity contribution in [3.63, 3.8) is 0 Å². The van der Waals surface area contributed by atoms with E-state index in [0.717, 1.165) is 29.7 Å². The maximum atomic E-state index is 12.9. The molecule has 1 aliphatic carbocycles. The second kappa shape index (κ2) is 6.91. The number of methoxy groups -OCH3 is 2. The van der Waals surface area contributed by atoms with Crippen LogP contribution in [-0.2, 0) is 25.6 Å². The van der Waals surface area contributed by atoms with Gasteiger partial charge >= 0.3 is 5.97 Å². The molecule has 0 radical (unpaired) electrons. The minimum Gasteiger partial charge on any atom is -0.501 e. The van der Waals surface area contributed by atoms with E-state index in [1.54, 1.807) is 7.11 Å². The zero-order valence-electron chi connectivity index (χ0n) is 14.0. The predicted octanol–water partition coefficient (Wildman–Crippen LogP) is 2.58. The van der Waals surface area contributed by atoms with Crippen LogP contribution in [0.1, 0.15) is 24.8 Å². The molecule has 0 saturated heterocycles. The average Bonchev–Trinajstić information content (AvgIpc) is 2.87. The van der Waals surface area contributed by atoms with Crippen molar-refractivity contribution in [3.8, 4) is 0 Å². The second-order valence-electron chi connectivity index (χ2n) is 5.97. The maximum absolute atomic E-state index is 12.9. The molecule has 1 amide bonds. The lowest BCUT2D eigenvalue weighted by atomic mass is 9.92. The summed E-state index contributed by atoms with van der Waals surface area (Å²) in [7, 11) is 2.97. The van der Waals surface area contributed by atoms with Gasteiger partial charge in [0, 0.05) is 18.5 Å². The van der Waals surface area contributed by atoms with Crippen molar-refractivity contribution in [2.24, 2.45) is 0 Å². The summed E-state index contributed by atoms with van der Waals surface area (Å²) in [5.41, 5.74) is 2.49. The van der Waals surface area contributed by atoms with E-state index < -0.39 is 5.97 Å². The van der Waals surface area contributed by atoms with Gasteiger partial charge < -0.3 is 14.4 Å². The van der Waals surface area contributed by atoms with E-state index in [2.05, 4.69) is 0 Å². The number of rotatable bonds is 5. The summed E-state index contributed by atoms with van der Waals surface area (Å²) in [6, 6.07) is 9.88. The molecule has 0 spiro atoms. The Morgan fingerprint density at radius 3 is 2.67 bits per heavy atom. The molecule has 0 saturated carbocycles. The molecule has 5 nitrogen and oxygen atoms in total. The molecule has 1 unspecified atom stereocenters. The van der Waals surface area contributed by atoms with E-state index in [1.165, 1.54) is 7.11 Å². The molecular weight excluding hydrogens is 306 g/mol. The lowest BCUT2D eigenvalue weighted by Gasteiger charge is -2.29. The van der Waals surface area contributed by atoms with Crippen molar-refractivity contribution in [2.75, 3.05) is 14.2 Å². The fourth-order valence-corrected chi connectivity index (χ4v) is 3.34. The van der Waals surface area contributed by atoms with E-state index >= 15 is 0 Å². The monoisotopic (exact) mass is 327 g/mol. The van der Waals surface area contributed by atoms with Gasteiger partial charge in [-0.05, 0) is 23.6 Å². The molecule has 0 aromatic heterocycles. The van der Waals surface area contributed by atoms with Gasteiger partial charge in [-0.3, -0.25) is 9.59 Å². The third-order valence-electron chi connectivity index (χ3n) is 4.59. The van der Waals surface area contributed by atoms with Crippen molar-refractivity contribution in [1.29, 1.82) is 0 Å². The molecular formula is C19H21NO4. The zero-order chi connectivity index (χ0) is 17.1. The highest BCUT2D eigenvalue weighted by Gasteiger charge is 2.40. The number of amides is 1. The molecule has 2 aliphatic rings. The highest BCUT2D eigenvalue weighted by atomic mass is 16.5. The van der Waals surface area contributed by atoms with Crippen LogP contribution in [0.2, 0.25) is 0 Å². The van der Waals surface area contributed by atoms with Crippen LogP contribution < -0.4 is 0 Å². The molecule has 1 heterocycles. The molecule has 1 aromatic rings. The molecule has 0 fully saturated rings. The van der Waals surface area contributed by atoms with Gasteiger partial charge in [0.05, 0.1) is 32.4 Å². The lowest BCUT2D eigenvalue weighted by molar-refractivity contribution is -0.141. The number of esters is 1. The first kappa shape index (κ1) is 16.3. The Labute approximate surface area is 141 Å². The maximum Gasteiger partial charge on any atom is 0.310 e. The fourth-order valence-electron chi connectivity index (χ4n) is 3.34. The summed E-state index contributed by atoms with van der Waals surface area (Å²) in [6.45, 7) is 0.536. The predicted molar refractivity (Wildman–Crippen MR) is 88.8 cm³/mol. The zero-order valence-corrected chi connectivity index (χ0v) is 14.0. The molecule has 1 aliphatic heterocycles. The molecule has 3 rings (SSSR count). The van der Waals surface area contributed by atoms with Crippen LogP contribution in [-0.4, -0.2) is 37.0 Å². The molecule has 1 atom stereocenters. The number of allylic oxidation sites excluding steroid dienone is 1. The minimum atomic E-state index is -0.399. The van der Waals surface area contributed by atoms with Gasteiger partial charge in [0.25, 0.3) is 5.91 Å². The summed E-state index contributed by atoms with van der Waals surface area (Å²) in [5.74, 6) is 0.361. The van der Waals surface area contributed by atoms with Crippen LogP contribution in [0.4, 0.5) is 0 Å². The van der Waals surface area contributed by atoms with Gasteiger partial charge in [-0.25, -0.2) is 0 Å². The van der Waals surface area contributed by atoms with Gasteiger partial charge in [0.1, 0.15) is 0 Å². The third kappa shape index (κ3) is 3.07. The Bertz CT molecular complexity index is 705. The SMILES string of the molecule is COC(=O)CC1=C2C=C(OC)CCC2N(Cc2ccccc2)C1=O. The number of nitrogens with zero attached hydrogens (tertiary/aromatic N) is 1. The smallest absolute Gasteiger partial charge is 0.310 e. The first-order valence-electron chi connectivity index (χ1n) is 8.03. The number of hydrogen-bond acceptors (Lipinski definition) is 4. The Hall–Kier alpha value is -2.56. The first-order valence-corrected chi connectivity index (χ1v) is 8.03. The van der Waals surface area contributed by atoms with E-state index in [-0.39, 0.29) is 18.4 Å². The highest BCUT2D eigenvalue weighted by molar-refractivity contribution is 6.02. The molecule has 126 valence electrons. The largest absolute Gasteiger partial charge is 0.501 e. The van der Waals surface area contributed by atoms with Crippen molar-refractivity contribution in [2.45, 2.75) is 31.8 Å². The van der Waals surface area contributed by atoms with Crippen molar-refractivity contribution in [3.05, 3.63) is 58.9 Å². The van der Waals surface area contributed by atoms with Crippen LogP contribution in [0, 0.1) is 0 Å². The van der Waals surface area contributed by atoms with E-state index in [1.807, 2.05) is 41.3 Å². The molecule has 5 heteroatoms. The van der Waals surface area contributed by atoms with Gasteiger partial charge in [0.15, 0.2) is 0 Å². The normalized spacial score (nSPS) is 19.9. The third-order valence-corrected chi connectivity index (χ3v) is 4.59. The fraction of sp³-hybridized carbons (Fsp3) is 0.368. The summed E-state index contributed by atoms with van der Waals surface area (Å²) in [4.78, 5) is 26.5. The van der Waals surface area contributed by atoms with Crippen molar-refractivity contribution in [1.82, 2.24) is 4.90 Å². The van der Waals surface area contributed by atoms with Crippen molar-refractivity contribution < 1.29 is 19.1 Å². The molecule has 0 N–H and O–H groups in total. The van der Waals surface area contributed by atoms with E-state index in [0.29, 0.717) is 12.1 Å². The van der Waals surface area contributed by atoms with Crippen LogP contribution in [0.15, 0.2) is 53.3 Å². The van der Waals surface area contributed by atoms with Crippen LogP contribution in [0.3, 0.4) is 0 Å². The van der Waals surface area contributed by atoms with Crippen LogP contribution in [0.5, 0.6) is 0 Å². The van der Waals surface area contributed by atoms with Crippen molar-refractivity contribution >= 4 is 11.9 Å². The van der Waals surface area contributed by atoms with E-state index in [9.17, 15) is 9.59 Å². The van der Waals surface area contributed by atoms with Gasteiger partial charge in [-0.2, -0.15) is 0 Å². The van der Waals surface area contributed by atoms with E-state index in [4.69, 9.17) is 9.47 Å². The quantitative estimate of drug-likeness (QED) is 0.780. The Morgan fingerprint density at radius 1 is 1.25 bits per heavy atom. The van der Waals surface area contributed by atoms with Crippen LogP contribution in [0.25, 0.3) is 0 Å². The van der Waals surface area contributed by atoms with Crippen LogP contribution >= 0.6 is 0 Å².